The highest BCUT2D eigenvalue weighted by atomic mass is 19.1. The van der Waals surface area contributed by atoms with Crippen LogP contribution in [0.1, 0.15) is 35.2 Å². The Labute approximate surface area is 119 Å². The van der Waals surface area contributed by atoms with Crippen molar-refractivity contribution < 1.29 is 9.13 Å². The number of rotatable bonds is 3. The van der Waals surface area contributed by atoms with E-state index in [2.05, 4.69) is 6.07 Å². The van der Waals surface area contributed by atoms with Gasteiger partial charge >= 0.3 is 0 Å². The summed E-state index contributed by atoms with van der Waals surface area (Å²) in [5.74, 6) is 1.12. The average molecular weight is 273 g/mol. The maximum absolute atomic E-state index is 13.7. The zero-order chi connectivity index (χ0) is 14.9. The first-order valence-corrected chi connectivity index (χ1v) is 6.69. The lowest BCUT2D eigenvalue weighted by atomic mass is 10.0. The van der Waals surface area contributed by atoms with Crippen LogP contribution in [0.4, 0.5) is 4.39 Å². The smallest absolute Gasteiger partial charge is 0.132 e. The van der Waals surface area contributed by atoms with E-state index >= 15 is 0 Å². The van der Waals surface area contributed by atoms with Gasteiger partial charge in [-0.3, -0.25) is 0 Å². The number of aryl methyl sites for hydroxylation is 3. The summed E-state index contributed by atoms with van der Waals surface area (Å²) in [6.07, 6.45) is 0. The minimum atomic E-state index is -0.286. The molecule has 1 atom stereocenters. The van der Waals surface area contributed by atoms with Gasteiger partial charge in [0.15, 0.2) is 0 Å². The van der Waals surface area contributed by atoms with Gasteiger partial charge in [-0.2, -0.15) is 0 Å². The third kappa shape index (κ3) is 2.99. The number of nitrogens with two attached hydrogens (primary N) is 1. The normalized spacial score (nSPS) is 12.3. The van der Waals surface area contributed by atoms with Gasteiger partial charge in [0.2, 0.25) is 0 Å². The summed E-state index contributed by atoms with van der Waals surface area (Å²) >= 11 is 0. The van der Waals surface area contributed by atoms with Gasteiger partial charge in [0.05, 0.1) is 0 Å². The molecule has 0 amide bonds. The minimum absolute atomic E-state index is 0.259. The topological polar surface area (TPSA) is 35.2 Å². The summed E-state index contributed by atoms with van der Waals surface area (Å²) in [7, 11) is 0. The molecular weight excluding hydrogens is 253 g/mol. The van der Waals surface area contributed by atoms with Gasteiger partial charge in [-0.15, -0.1) is 0 Å². The van der Waals surface area contributed by atoms with Crippen LogP contribution in [0.3, 0.4) is 0 Å². The van der Waals surface area contributed by atoms with Gasteiger partial charge in [0.25, 0.3) is 0 Å². The van der Waals surface area contributed by atoms with E-state index in [1.165, 1.54) is 11.6 Å². The molecule has 2 aromatic carbocycles. The standard InChI is InChI=1S/C17H20FNO/c1-10-5-6-16(12(3)7-10)20-17-8-11(2)15(18)9-14(17)13(4)19/h5-9,13H,19H2,1-4H3/t13-/m1/s1. The number of hydrogen-bond acceptors (Lipinski definition) is 2. The van der Waals surface area contributed by atoms with E-state index in [1.54, 1.807) is 13.0 Å². The van der Waals surface area contributed by atoms with E-state index in [9.17, 15) is 4.39 Å². The molecule has 0 saturated heterocycles. The van der Waals surface area contributed by atoms with Crippen LogP contribution >= 0.6 is 0 Å². The predicted octanol–water partition coefficient (Wildman–Crippen LogP) is 4.56. The molecule has 0 radical (unpaired) electrons. The molecule has 2 aromatic rings. The Hall–Kier alpha value is -1.87. The minimum Gasteiger partial charge on any atom is -0.457 e. The van der Waals surface area contributed by atoms with Crippen LogP contribution in [0.5, 0.6) is 11.5 Å². The molecule has 0 spiro atoms. The van der Waals surface area contributed by atoms with Crippen molar-refractivity contribution in [2.75, 3.05) is 0 Å². The van der Waals surface area contributed by atoms with Crippen molar-refractivity contribution in [1.82, 2.24) is 0 Å². The monoisotopic (exact) mass is 273 g/mol. The van der Waals surface area contributed by atoms with Crippen LogP contribution < -0.4 is 10.5 Å². The van der Waals surface area contributed by atoms with E-state index < -0.39 is 0 Å². The SMILES string of the molecule is Cc1ccc(Oc2cc(C)c(F)cc2[C@@H](C)N)c(C)c1. The van der Waals surface area contributed by atoms with Crippen molar-refractivity contribution in [3.8, 4) is 11.5 Å². The van der Waals surface area contributed by atoms with Crippen LogP contribution in [0.2, 0.25) is 0 Å². The highest BCUT2D eigenvalue weighted by Gasteiger charge is 2.13. The van der Waals surface area contributed by atoms with Gasteiger partial charge in [0.1, 0.15) is 17.3 Å². The second-order valence-corrected chi connectivity index (χ2v) is 5.30. The molecule has 106 valence electrons. The van der Waals surface area contributed by atoms with Crippen LogP contribution in [0.25, 0.3) is 0 Å². The summed E-state index contributed by atoms with van der Waals surface area (Å²) in [4.78, 5) is 0. The zero-order valence-corrected chi connectivity index (χ0v) is 12.3. The van der Waals surface area contributed by atoms with Gasteiger partial charge in [0, 0.05) is 11.6 Å². The maximum atomic E-state index is 13.7. The van der Waals surface area contributed by atoms with Crippen molar-refractivity contribution in [3.05, 3.63) is 58.4 Å². The molecule has 0 saturated carbocycles. The van der Waals surface area contributed by atoms with Crippen LogP contribution in [0, 0.1) is 26.6 Å². The second kappa shape index (κ2) is 5.63. The number of ether oxygens (including phenoxy) is 1. The molecule has 0 aliphatic heterocycles. The van der Waals surface area contributed by atoms with Crippen LogP contribution in [0.15, 0.2) is 30.3 Å². The highest BCUT2D eigenvalue weighted by molar-refractivity contribution is 5.45. The lowest BCUT2D eigenvalue weighted by Gasteiger charge is -2.16. The third-order valence-corrected chi connectivity index (χ3v) is 3.33. The van der Waals surface area contributed by atoms with Crippen molar-refractivity contribution in [2.45, 2.75) is 33.7 Å². The summed E-state index contributed by atoms with van der Waals surface area (Å²) in [5.41, 5.74) is 9.35. The first-order valence-electron chi connectivity index (χ1n) is 6.69. The molecule has 0 aromatic heterocycles. The predicted molar refractivity (Wildman–Crippen MR) is 79.7 cm³/mol. The fourth-order valence-corrected chi connectivity index (χ4v) is 2.15. The molecule has 2 N–H and O–H groups in total. The van der Waals surface area contributed by atoms with Gasteiger partial charge in [-0.05, 0) is 57.0 Å². The summed E-state index contributed by atoms with van der Waals surface area (Å²) in [6.45, 7) is 7.56. The van der Waals surface area contributed by atoms with Crippen molar-refractivity contribution >= 4 is 0 Å². The van der Waals surface area contributed by atoms with Gasteiger partial charge < -0.3 is 10.5 Å². The Morgan fingerprint density at radius 3 is 2.30 bits per heavy atom. The third-order valence-electron chi connectivity index (χ3n) is 3.33. The van der Waals surface area contributed by atoms with Gasteiger partial charge in [-0.25, -0.2) is 4.39 Å². The van der Waals surface area contributed by atoms with Gasteiger partial charge in [-0.1, -0.05) is 17.7 Å². The first kappa shape index (κ1) is 14.5. The van der Waals surface area contributed by atoms with E-state index in [0.717, 1.165) is 11.3 Å². The van der Waals surface area contributed by atoms with E-state index in [4.69, 9.17) is 10.5 Å². The fourth-order valence-electron chi connectivity index (χ4n) is 2.15. The highest BCUT2D eigenvalue weighted by Crippen LogP contribution is 2.32. The van der Waals surface area contributed by atoms with Crippen LogP contribution in [-0.4, -0.2) is 0 Å². The quantitative estimate of drug-likeness (QED) is 0.889. The summed E-state index contributed by atoms with van der Waals surface area (Å²) in [5, 5.41) is 0. The van der Waals surface area contributed by atoms with Crippen molar-refractivity contribution in [3.63, 3.8) is 0 Å². The average Bonchev–Trinajstić information content (AvgIpc) is 2.36. The Morgan fingerprint density at radius 2 is 1.70 bits per heavy atom. The number of hydrogen-bond donors (Lipinski definition) is 1. The van der Waals surface area contributed by atoms with E-state index in [-0.39, 0.29) is 11.9 Å². The lowest BCUT2D eigenvalue weighted by Crippen LogP contribution is -2.08. The molecule has 0 aliphatic rings. The Morgan fingerprint density at radius 1 is 1.00 bits per heavy atom. The molecule has 0 unspecified atom stereocenters. The molecule has 0 aliphatic carbocycles. The lowest BCUT2D eigenvalue weighted by molar-refractivity contribution is 0.464. The second-order valence-electron chi connectivity index (χ2n) is 5.30. The zero-order valence-electron chi connectivity index (χ0n) is 12.3. The van der Waals surface area contributed by atoms with Crippen molar-refractivity contribution in [2.24, 2.45) is 5.73 Å². The largest absolute Gasteiger partial charge is 0.457 e. The molecule has 20 heavy (non-hydrogen) atoms. The molecule has 0 bridgehead atoms. The van der Waals surface area contributed by atoms with Crippen molar-refractivity contribution in [1.29, 1.82) is 0 Å². The number of benzene rings is 2. The summed E-state index contributed by atoms with van der Waals surface area (Å²) in [6, 6.07) is 8.84. The Kier molecular flexibility index (Phi) is 4.09. The van der Waals surface area contributed by atoms with E-state index in [0.29, 0.717) is 16.9 Å². The molecule has 2 rings (SSSR count). The maximum Gasteiger partial charge on any atom is 0.132 e. The summed E-state index contributed by atoms with van der Waals surface area (Å²) < 4.78 is 19.6. The first-order chi connectivity index (χ1) is 9.38. The Balaban J connectivity index is 2.44. The van der Waals surface area contributed by atoms with E-state index in [1.807, 2.05) is 32.9 Å². The molecule has 0 heterocycles. The number of halogens is 1. The molecule has 0 fully saturated rings. The molecule has 2 nitrogen and oxygen atoms in total. The molecule has 3 heteroatoms. The van der Waals surface area contributed by atoms with Crippen LogP contribution in [-0.2, 0) is 0 Å². The fraction of sp³-hybridized carbons (Fsp3) is 0.294. The Bertz CT molecular complexity index is 635. The molecular formula is C17H20FNO.